The molecule has 94 valence electrons. The molecule has 1 aromatic heterocycles. The Bertz CT molecular complexity index is 371. The molecule has 0 N–H and O–H groups in total. The van der Waals surface area contributed by atoms with Gasteiger partial charge in [-0.1, -0.05) is 11.6 Å². The van der Waals surface area contributed by atoms with Crippen LogP contribution in [0.5, 0.6) is 0 Å². The van der Waals surface area contributed by atoms with Gasteiger partial charge in [0.05, 0.1) is 12.1 Å². The van der Waals surface area contributed by atoms with Gasteiger partial charge in [-0.25, -0.2) is 0 Å². The third-order valence-electron chi connectivity index (χ3n) is 2.45. The lowest BCUT2D eigenvalue weighted by molar-refractivity contribution is -0.140. The molecule has 0 aliphatic carbocycles. The number of nitrogens with zero attached hydrogens (tertiary/aromatic N) is 2. The van der Waals surface area contributed by atoms with Crippen LogP contribution in [0.1, 0.15) is 18.4 Å². The molecule has 0 saturated carbocycles. The van der Waals surface area contributed by atoms with Gasteiger partial charge < -0.3 is 9.64 Å². The molecule has 0 spiro atoms. The van der Waals surface area contributed by atoms with Crippen molar-refractivity contribution in [1.29, 1.82) is 0 Å². The van der Waals surface area contributed by atoms with Crippen molar-refractivity contribution in [3.63, 3.8) is 0 Å². The van der Waals surface area contributed by atoms with Crippen LogP contribution >= 0.6 is 11.6 Å². The predicted molar refractivity (Wildman–Crippen MR) is 66.8 cm³/mol. The summed E-state index contributed by atoms with van der Waals surface area (Å²) in [4.78, 5) is 17.0. The summed E-state index contributed by atoms with van der Waals surface area (Å²) >= 11 is 6.01. The second-order valence-electron chi connectivity index (χ2n) is 3.88. The number of methoxy groups -OCH3 is 1. The Balaban J connectivity index is 2.32. The number of aromatic nitrogens is 1. The minimum atomic E-state index is -0.166. The third-order valence-corrected chi connectivity index (χ3v) is 2.79. The van der Waals surface area contributed by atoms with E-state index in [-0.39, 0.29) is 5.97 Å². The van der Waals surface area contributed by atoms with Crippen LogP contribution in [0.4, 0.5) is 0 Å². The van der Waals surface area contributed by atoms with Crippen LogP contribution in [0.2, 0.25) is 5.02 Å². The molecular formula is C12H17ClN2O2. The summed E-state index contributed by atoms with van der Waals surface area (Å²) in [5, 5.41) is 0.673. The van der Waals surface area contributed by atoms with Gasteiger partial charge in [0, 0.05) is 25.4 Å². The Kier molecular flexibility index (Phi) is 5.94. The van der Waals surface area contributed by atoms with Crippen LogP contribution in [0.15, 0.2) is 18.5 Å². The zero-order chi connectivity index (χ0) is 12.7. The van der Waals surface area contributed by atoms with E-state index in [4.69, 9.17) is 11.6 Å². The number of hydrogen-bond acceptors (Lipinski definition) is 4. The van der Waals surface area contributed by atoms with Crippen LogP contribution in [-0.4, -0.2) is 36.6 Å². The van der Waals surface area contributed by atoms with E-state index in [0.717, 1.165) is 25.1 Å². The van der Waals surface area contributed by atoms with Crippen molar-refractivity contribution >= 4 is 17.6 Å². The molecular weight excluding hydrogens is 240 g/mol. The lowest BCUT2D eigenvalue weighted by Crippen LogP contribution is -2.20. The van der Waals surface area contributed by atoms with Gasteiger partial charge in [-0.05, 0) is 31.6 Å². The van der Waals surface area contributed by atoms with E-state index in [1.807, 2.05) is 13.1 Å². The van der Waals surface area contributed by atoms with E-state index < -0.39 is 0 Å². The Morgan fingerprint density at radius 1 is 1.59 bits per heavy atom. The normalized spacial score (nSPS) is 10.6. The second kappa shape index (κ2) is 7.25. The Morgan fingerprint density at radius 2 is 2.35 bits per heavy atom. The highest BCUT2D eigenvalue weighted by Crippen LogP contribution is 2.15. The summed E-state index contributed by atoms with van der Waals surface area (Å²) in [5.74, 6) is -0.166. The molecule has 1 heterocycles. The first-order chi connectivity index (χ1) is 8.13. The molecule has 0 atom stereocenters. The molecule has 0 amide bonds. The smallest absolute Gasteiger partial charge is 0.305 e. The summed E-state index contributed by atoms with van der Waals surface area (Å²) in [6.07, 6.45) is 4.60. The number of ether oxygens (including phenoxy) is 1. The van der Waals surface area contributed by atoms with Gasteiger partial charge in [-0.2, -0.15) is 0 Å². The van der Waals surface area contributed by atoms with Gasteiger partial charge in [0.25, 0.3) is 0 Å². The van der Waals surface area contributed by atoms with E-state index >= 15 is 0 Å². The molecule has 0 bridgehead atoms. The fourth-order valence-corrected chi connectivity index (χ4v) is 1.68. The van der Waals surface area contributed by atoms with Crippen LogP contribution in [-0.2, 0) is 16.1 Å². The van der Waals surface area contributed by atoms with Crippen LogP contribution in [0.25, 0.3) is 0 Å². The van der Waals surface area contributed by atoms with E-state index in [2.05, 4.69) is 14.6 Å². The number of carbonyl (C=O) groups excluding carboxylic acids is 1. The molecule has 0 aliphatic rings. The van der Waals surface area contributed by atoms with E-state index in [9.17, 15) is 4.79 Å². The summed E-state index contributed by atoms with van der Waals surface area (Å²) < 4.78 is 4.58. The van der Waals surface area contributed by atoms with Crippen molar-refractivity contribution < 1.29 is 9.53 Å². The highest BCUT2D eigenvalue weighted by molar-refractivity contribution is 6.31. The number of pyridine rings is 1. The summed E-state index contributed by atoms with van der Waals surface area (Å²) in [6, 6.07) is 1.90. The first-order valence-corrected chi connectivity index (χ1v) is 5.85. The molecule has 0 radical (unpaired) electrons. The number of halogens is 1. The van der Waals surface area contributed by atoms with Crippen molar-refractivity contribution in [3.05, 3.63) is 29.0 Å². The fourth-order valence-electron chi connectivity index (χ4n) is 1.50. The Morgan fingerprint density at radius 3 is 3.00 bits per heavy atom. The van der Waals surface area contributed by atoms with E-state index in [1.54, 1.807) is 12.4 Å². The maximum Gasteiger partial charge on any atom is 0.305 e. The number of carbonyl (C=O) groups is 1. The number of rotatable bonds is 6. The number of esters is 1. The zero-order valence-corrected chi connectivity index (χ0v) is 10.9. The van der Waals surface area contributed by atoms with Gasteiger partial charge in [-0.15, -0.1) is 0 Å². The monoisotopic (exact) mass is 256 g/mol. The van der Waals surface area contributed by atoms with Crippen LogP contribution < -0.4 is 0 Å². The first kappa shape index (κ1) is 13.9. The molecule has 0 saturated heterocycles. The van der Waals surface area contributed by atoms with Gasteiger partial charge in [0.1, 0.15) is 0 Å². The molecule has 5 heteroatoms. The summed E-state index contributed by atoms with van der Waals surface area (Å²) in [6.45, 7) is 1.58. The van der Waals surface area contributed by atoms with E-state index in [1.165, 1.54) is 7.11 Å². The largest absolute Gasteiger partial charge is 0.469 e. The standard InChI is InChI=1S/C12H17ClN2O2/c1-15(7-3-4-12(16)17-2)9-10-5-6-14-8-11(10)13/h5-6,8H,3-4,7,9H2,1-2H3. The van der Waals surface area contributed by atoms with E-state index in [0.29, 0.717) is 11.4 Å². The predicted octanol–water partition coefficient (Wildman–Crippen LogP) is 2.12. The SMILES string of the molecule is COC(=O)CCCN(C)Cc1ccncc1Cl. The fraction of sp³-hybridized carbons (Fsp3) is 0.500. The van der Waals surface area contributed by atoms with Crippen molar-refractivity contribution in [2.45, 2.75) is 19.4 Å². The maximum atomic E-state index is 10.9. The molecule has 0 aromatic carbocycles. The molecule has 0 fully saturated rings. The Hall–Kier alpha value is -1.13. The van der Waals surface area contributed by atoms with Gasteiger partial charge in [-0.3, -0.25) is 9.78 Å². The molecule has 0 aliphatic heterocycles. The molecule has 0 unspecified atom stereocenters. The minimum absolute atomic E-state index is 0.166. The zero-order valence-electron chi connectivity index (χ0n) is 10.1. The second-order valence-corrected chi connectivity index (χ2v) is 4.29. The topological polar surface area (TPSA) is 42.4 Å². The minimum Gasteiger partial charge on any atom is -0.469 e. The molecule has 4 nitrogen and oxygen atoms in total. The third kappa shape index (κ3) is 5.15. The van der Waals surface area contributed by atoms with Crippen LogP contribution in [0.3, 0.4) is 0 Å². The van der Waals surface area contributed by atoms with Crippen molar-refractivity contribution in [2.75, 3.05) is 20.7 Å². The van der Waals surface area contributed by atoms with Gasteiger partial charge in [0.15, 0.2) is 0 Å². The summed E-state index contributed by atoms with van der Waals surface area (Å²) in [7, 11) is 3.40. The van der Waals surface area contributed by atoms with Crippen molar-refractivity contribution in [1.82, 2.24) is 9.88 Å². The van der Waals surface area contributed by atoms with Crippen molar-refractivity contribution in [2.24, 2.45) is 0 Å². The first-order valence-electron chi connectivity index (χ1n) is 5.47. The highest BCUT2D eigenvalue weighted by atomic mass is 35.5. The maximum absolute atomic E-state index is 10.9. The lowest BCUT2D eigenvalue weighted by Gasteiger charge is -2.16. The highest BCUT2D eigenvalue weighted by Gasteiger charge is 2.05. The summed E-state index contributed by atoms with van der Waals surface area (Å²) in [5.41, 5.74) is 1.04. The molecule has 1 aromatic rings. The molecule has 1 rings (SSSR count). The average molecular weight is 257 g/mol. The quantitative estimate of drug-likeness (QED) is 0.732. The van der Waals surface area contributed by atoms with Crippen LogP contribution in [0, 0.1) is 0 Å². The Labute approximate surface area is 107 Å². The average Bonchev–Trinajstić information content (AvgIpc) is 2.32. The van der Waals surface area contributed by atoms with Crippen molar-refractivity contribution in [3.8, 4) is 0 Å². The molecule has 17 heavy (non-hydrogen) atoms. The van der Waals surface area contributed by atoms with Gasteiger partial charge in [0.2, 0.25) is 0 Å². The van der Waals surface area contributed by atoms with Gasteiger partial charge >= 0.3 is 5.97 Å². The number of hydrogen-bond donors (Lipinski definition) is 0. The lowest BCUT2D eigenvalue weighted by atomic mass is 10.2.